The van der Waals surface area contributed by atoms with Crippen molar-refractivity contribution in [2.24, 2.45) is 0 Å². The van der Waals surface area contributed by atoms with E-state index in [1.807, 2.05) is 36.0 Å². The highest BCUT2D eigenvalue weighted by molar-refractivity contribution is 8.00. The molecule has 12 rings (SSSR count). The molecule has 0 N–H and O–H groups in total. The standard InChI is InChI=1S/C50H29N3OS/c1-2-12-30(13-3-1)31-24-26-32(27-25-31)46-48-47(38-16-6-9-23-43(38)54-48)52-50(51-46)39-20-11-18-36-35-17-10-19-37-42(28-29-44(45(35)37)55-49(36)39)53-40-21-7-4-14-33(40)34-15-5-8-22-41(34)53/h1-29H. The van der Waals surface area contributed by atoms with E-state index in [4.69, 9.17) is 14.4 Å². The molecule has 0 bridgehead atoms. The second-order valence-corrected chi connectivity index (χ2v) is 15.1. The molecule has 1 aliphatic heterocycles. The van der Waals surface area contributed by atoms with Crippen LogP contribution in [0.2, 0.25) is 0 Å². The van der Waals surface area contributed by atoms with Gasteiger partial charge in [-0.1, -0.05) is 145 Å². The third-order valence-corrected chi connectivity index (χ3v) is 12.2. The number of fused-ring (bicyclic) bond motifs is 8. The van der Waals surface area contributed by atoms with Crippen LogP contribution < -0.4 is 0 Å². The van der Waals surface area contributed by atoms with E-state index in [0.717, 1.165) is 43.8 Å². The van der Waals surface area contributed by atoms with Crippen LogP contribution in [0, 0.1) is 0 Å². The van der Waals surface area contributed by atoms with Crippen LogP contribution >= 0.6 is 11.8 Å². The van der Waals surface area contributed by atoms with Crippen LogP contribution in [0.25, 0.3) is 105 Å². The minimum atomic E-state index is 0.683. The van der Waals surface area contributed by atoms with E-state index in [-0.39, 0.29) is 0 Å². The first-order chi connectivity index (χ1) is 27.3. The monoisotopic (exact) mass is 719 g/mol. The molecule has 256 valence electrons. The molecule has 0 amide bonds. The summed E-state index contributed by atoms with van der Waals surface area (Å²) in [7, 11) is 0. The summed E-state index contributed by atoms with van der Waals surface area (Å²) in [4.78, 5) is 13.0. The first-order valence-corrected chi connectivity index (χ1v) is 19.3. The number of nitrogens with zero attached hydrogens (tertiary/aromatic N) is 3. The lowest BCUT2D eigenvalue weighted by Crippen LogP contribution is -2.01. The molecular weight excluding hydrogens is 691 g/mol. The van der Waals surface area contributed by atoms with Crippen molar-refractivity contribution in [3.8, 4) is 50.6 Å². The van der Waals surface area contributed by atoms with Gasteiger partial charge >= 0.3 is 0 Å². The summed E-state index contributed by atoms with van der Waals surface area (Å²) in [5.74, 6) is 0.683. The van der Waals surface area contributed by atoms with Gasteiger partial charge in [0.05, 0.1) is 16.7 Å². The summed E-state index contributed by atoms with van der Waals surface area (Å²) in [6, 6.07) is 62.5. The summed E-state index contributed by atoms with van der Waals surface area (Å²) in [5.41, 5.74) is 13.4. The van der Waals surface area contributed by atoms with Gasteiger partial charge in [0.2, 0.25) is 0 Å². The fourth-order valence-corrected chi connectivity index (χ4v) is 9.78. The fraction of sp³-hybridized carbons (Fsp3) is 0. The molecule has 0 radical (unpaired) electrons. The van der Waals surface area contributed by atoms with Crippen LogP contribution in [-0.4, -0.2) is 14.5 Å². The topological polar surface area (TPSA) is 43.9 Å². The lowest BCUT2D eigenvalue weighted by atomic mass is 9.95. The third-order valence-electron chi connectivity index (χ3n) is 11.0. The van der Waals surface area contributed by atoms with Gasteiger partial charge in [0, 0.05) is 47.8 Å². The average molecular weight is 720 g/mol. The zero-order valence-corrected chi connectivity index (χ0v) is 30.2. The minimum absolute atomic E-state index is 0.683. The van der Waals surface area contributed by atoms with Gasteiger partial charge in [-0.25, -0.2) is 9.97 Å². The van der Waals surface area contributed by atoms with Gasteiger partial charge in [-0.05, 0) is 64.7 Å². The molecule has 0 saturated carbocycles. The maximum absolute atomic E-state index is 6.50. The maximum Gasteiger partial charge on any atom is 0.180 e. The summed E-state index contributed by atoms with van der Waals surface area (Å²) >= 11 is 1.81. The summed E-state index contributed by atoms with van der Waals surface area (Å²) in [5, 5.41) is 6.00. The van der Waals surface area contributed by atoms with Crippen molar-refractivity contribution >= 4 is 66.4 Å². The van der Waals surface area contributed by atoms with Gasteiger partial charge in [-0.15, -0.1) is 0 Å². The van der Waals surface area contributed by atoms with E-state index >= 15 is 0 Å². The lowest BCUT2D eigenvalue weighted by molar-refractivity contribution is 0.667. The molecule has 55 heavy (non-hydrogen) atoms. The van der Waals surface area contributed by atoms with Gasteiger partial charge in [0.1, 0.15) is 16.8 Å². The maximum atomic E-state index is 6.50. The fourth-order valence-electron chi connectivity index (χ4n) is 8.55. The Kier molecular flexibility index (Phi) is 6.53. The molecule has 0 spiro atoms. The zero-order chi connectivity index (χ0) is 36.0. The molecule has 4 nitrogen and oxygen atoms in total. The Morgan fingerprint density at radius 1 is 0.455 bits per heavy atom. The summed E-state index contributed by atoms with van der Waals surface area (Å²) < 4.78 is 8.93. The Labute approximate surface area is 320 Å². The molecule has 0 saturated heterocycles. The predicted octanol–water partition coefficient (Wildman–Crippen LogP) is 13.8. The largest absolute Gasteiger partial charge is 0.452 e. The van der Waals surface area contributed by atoms with Gasteiger partial charge in [0.25, 0.3) is 0 Å². The highest BCUT2D eigenvalue weighted by atomic mass is 32.2. The van der Waals surface area contributed by atoms with Crippen LogP contribution in [0.3, 0.4) is 0 Å². The molecule has 8 aromatic carbocycles. The highest BCUT2D eigenvalue weighted by Crippen LogP contribution is 2.52. The third kappa shape index (κ3) is 4.54. The summed E-state index contributed by atoms with van der Waals surface area (Å²) in [6.07, 6.45) is 0. The molecule has 0 aliphatic carbocycles. The van der Waals surface area contributed by atoms with Crippen LogP contribution in [0.1, 0.15) is 0 Å². The van der Waals surface area contributed by atoms with E-state index in [9.17, 15) is 0 Å². The average Bonchev–Trinajstić information content (AvgIpc) is 3.80. The van der Waals surface area contributed by atoms with Crippen molar-refractivity contribution in [2.45, 2.75) is 9.79 Å². The molecule has 0 unspecified atom stereocenters. The van der Waals surface area contributed by atoms with Crippen molar-refractivity contribution in [3.63, 3.8) is 0 Å². The van der Waals surface area contributed by atoms with E-state index in [1.54, 1.807) is 0 Å². The van der Waals surface area contributed by atoms with Crippen LogP contribution in [0.5, 0.6) is 0 Å². The number of aromatic nitrogens is 3. The van der Waals surface area contributed by atoms with Crippen LogP contribution in [-0.2, 0) is 0 Å². The first-order valence-electron chi connectivity index (χ1n) is 18.5. The van der Waals surface area contributed by atoms with Crippen LogP contribution in [0.15, 0.2) is 190 Å². The van der Waals surface area contributed by atoms with E-state index in [1.165, 1.54) is 59.9 Å². The van der Waals surface area contributed by atoms with Crippen LogP contribution in [0.4, 0.5) is 0 Å². The van der Waals surface area contributed by atoms with Crippen molar-refractivity contribution in [1.29, 1.82) is 0 Å². The van der Waals surface area contributed by atoms with Gasteiger partial charge in [-0.2, -0.15) is 0 Å². The molecule has 1 aliphatic rings. The summed E-state index contributed by atoms with van der Waals surface area (Å²) in [6.45, 7) is 0. The number of para-hydroxylation sites is 3. The Balaban J connectivity index is 1.05. The smallest absolute Gasteiger partial charge is 0.180 e. The molecular formula is C50H29N3OS. The molecule has 0 atom stereocenters. The number of hydrogen-bond acceptors (Lipinski definition) is 4. The molecule has 0 fully saturated rings. The Morgan fingerprint density at radius 3 is 1.87 bits per heavy atom. The van der Waals surface area contributed by atoms with Crippen molar-refractivity contribution in [3.05, 3.63) is 176 Å². The lowest BCUT2D eigenvalue weighted by Gasteiger charge is -2.24. The quantitative estimate of drug-likeness (QED) is 0.182. The van der Waals surface area contributed by atoms with Crippen molar-refractivity contribution in [2.75, 3.05) is 0 Å². The Morgan fingerprint density at radius 2 is 1.07 bits per heavy atom. The second-order valence-electron chi connectivity index (χ2n) is 14.1. The van der Waals surface area contributed by atoms with E-state index in [0.29, 0.717) is 11.4 Å². The second kappa shape index (κ2) is 11.8. The number of benzene rings is 8. The van der Waals surface area contributed by atoms with Crippen molar-refractivity contribution in [1.82, 2.24) is 14.5 Å². The Hall–Kier alpha value is -6.95. The van der Waals surface area contributed by atoms with Crippen molar-refractivity contribution < 1.29 is 4.42 Å². The highest BCUT2D eigenvalue weighted by Gasteiger charge is 2.26. The van der Waals surface area contributed by atoms with Gasteiger partial charge in [-0.3, -0.25) is 0 Å². The zero-order valence-electron chi connectivity index (χ0n) is 29.4. The minimum Gasteiger partial charge on any atom is -0.452 e. The number of hydrogen-bond donors (Lipinski definition) is 0. The normalized spacial score (nSPS) is 12.3. The molecule has 5 heteroatoms. The number of rotatable bonds is 4. The molecule has 11 aromatic rings. The Bertz CT molecular complexity index is 3290. The predicted molar refractivity (Wildman–Crippen MR) is 227 cm³/mol. The van der Waals surface area contributed by atoms with Gasteiger partial charge in [0.15, 0.2) is 11.4 Å². The van der Waals surface area contributed by atoms with E-state index < -0.39 is 0 Å². The van der Waals surface area contributed by atoms with E-state index in [2.05, 4.69) is 156 Å². The SMILES string of the molecule is c1ccc(-c2ccc(-c3nc(-c4cccc5c4Sc4ccc(-n6c7ccccc7c7ccccc76)c6cccc-5c46)nc4c3oc3ccccc34)cc2)cc1. The van der Waals surface area contributed by atoms with Gasteiger partial charge < -0.3 is 8.98 Å². The molecule has 3 aromatic heterocycles. The first kappa shape index (κ1) is 30.5. The molecule has 4 heterocycles. The number of furan rings is 1.